The molecule has 0 amide bonds. The Morgan fingerprint density at radius 2 is 2.14 bits per heavy atom. The summed E-state index contributed by atoms with van der Waals surface area (Å²) in [7, 11) is 0. The first-order chi connectivity index (χ1) is 10.4. The Morgan fingerprint density at radius 1 is 1.32 bits per heavy atom. The van der Waals surface area contributed by atoms with E-state index in [1.807, 2.05) is 12.1 Å². The summed E-state index contributed by atoms with van der Waals surface area (Å²) in [5.41, 5.74) is 0. The van der Waals surface area contributed by atoms with E-state index in [1.165, 1.54) is 0 Å². The molecule has 1 rings (SSSR count). The summed E-state index contributed by atoms with van der Waals surface area (Å²) >= 11 is 0. The lowest BCUT2D eigenvalue weighted by atomic mass is 10.3. The second kappa shape index (κ2) is 15.1. The van der Waals surface area contributed by atoms with E-state index in [0.717, 1.165) is 44.1 Å². The van der Waals surface area contributed by atoms with Gasteiger partial charge >= 0.3 is 0 Å². The number of guanidine groups is 1. The molecule has 0 unspecified atom stereocenters. The maximum absolute atomic E-state index is 8.63. The van der Waals surface area contributed by atoms with Crippen molar-refractivity contribution in [1.82, 2.24) is 10.6 Å². The summed E-state index contributed by atoms with van der Waals surface area (Å²) in [6.45, 7) is 5.36. The molecule has 1 heterocycles. The highest BCUT2D eigenvalue weighted by Crippen LogP contribution is 1.99. The third-order valence-electron chi connectivity index (χ3n) is 2.80. The van der Waals surface area contributed by atoms with E-state index in [9.17, 15) is 0 Å². The van der Waals surface area contributed by atoms with Crippen molar-refractivity contribution in [3.8, 4) is 0 Å². The summed E-state index contributed by atoms with van der Waals surface area (Å²) in [6, 6.07) is 3.86. The highest BCUT2D eigenvalue weighted by molar-refractivity contribution is 14.0. The van der Waals surface area contributed by atoms with Gasteiger partial charge in [0.2, 0.25) is 0 Å². The molecule has 6 nitrogen and oxygen atoms in total. The van der Waals surface area contributed by atoms with Gasteiger partial charge in [0, 0.05) is 26.1 Å². The zero-order valence-corrected chi connectivity index (χ0v) is 15.5. The number of aliphatic hydroxyl groups excluding tert-OH is 1. The van der Waals surface area contributed by atoms with E-state index < -0.39 is 0 Å². The number of rotatable bonds is 11. The highest BCUT2D eigenvalue weighted by Gasteiger charge is 2.00. The van der Waals surface area contributed by atoms with E-state index in [0.29, 0.717) is 19.8 Å². The number of aliphatic hydroxyl groups is 1. The number of nitrogens with one attached hydrogen (secondary N) is 2. The highest BCUT2D eigenvalue weighted by atomic mass is 127. The summed E-state index contributed by atoms with van der Waals surface area (Å²) in [4.78, 5) is 4.51. The number of unbranched alkanes of at least 4 members (excludes halogenated alkanes) is 1. The molecule has 1 aromatic heterocycles. The van der Waals surface area contributed by atoms with Crippen LogP contribution in [-0.4, -0.2) is 50.5 Å². The molecule has 0 atom stereocenters. The fourth-order valence-corrected chi connectivity index (χ4v) is 1.69. The molecule has 0 bridgehead atoms. The third-order valence-corrected chi connectivity index (χ3v) is 2.80. The molecular weight excluding hydrogens is 397 g/mol. The lowest BCUT2D eigenvalue weighted by Crippen LogP contribution is -2.40. The predicted octanol–water partition coefficient (Wildman–Crippen LogP) is 1.78. The van der Waals surface area contributed by atoms with Crippen LogP contribution in [0, 0.1) is 0 Å². The van der Waals surface area contributed by atoms with E-state index in [-0.39, 0.29) is 30.6 Å². The van der Waals surface area contributed by atoms with Crippen LogP contribution in [0.25, 0.3) is 0 Å². The molecule has 128 valence electrons. The molecule has 1 aromatic rings. The van der Waals surface area contributed by atoms with Crippen LogP contribution < -0.4 is 10.6 Å². The number of nitrogens with zero attached hydrogens (tertiary/aromatic N) is 1. The Kier molecular flexibility index (Phi) is 14.6. The van der Waals surface area contributed by atoms with Crippen molar-refractivity contribution in [1.29, 1.82) is 0 Å². The van der Waals surface area contributed by atoms with Gasteiger partial charge in [-0.1, -0.05) is 13.3 Å². The lowest BCUT2D eigenvalue weighted by Gasteiger charge is -2.12. The monoisotopic (exact) mass is 425 g/mol. The van der Waals surface area contributed by atoms with Crippen LogP contribution >= 0.6 is 24.0 Å². The normalized spacial score (nSPS) is 11.1. The Bertz CT molecular complexity index is 372. The Labute approximate surface area is 149 Å². The summed E-state index contributed by atoms with van der Waals surface area (Å²) in [6.07, 6.45) is 4.71. The van der Waals surface area contributed by atoms with Crippen LogP contribution in [0.4, 0.5) is 0 Å². The van der Waals surface area contributed by atoms with E-state index >= 15 is 0 Å². The van der Waals surface area contributed by atoms with E-state index in [4.69, 9.17) is 14.3 Å². The molecule has 0 fully saturated rings. The van der Waals surface area contributed by atoms with Crippen LogP contribution in [0.15, 0.2) is 27.8 Å². The molecule has 0 saturated carbocycles. The smallest absolute Gasteiger partial charge is 0.191 e. The second-order valence-corrected chi connectivity index (χ2v) is 4.60. The molecule has 22 heavy (non-hydrogen) atoms. The van der Waals surface area contributed by atoms with Gasteiger partial charge in [0.25, 0.3) is 0 Å². The van der Waals surface area contributed by atoms with Gasteiger partial charge in [0.1, 0.15) is 5.76 Å². The fourth-order valence-electron chi connectivity index (χ4n) is 1.69. The lowest BCUT2D eigenvalue weighted by molar-refractivity contribution is 0.0957. The minimum atomic E-state index is 0. The molecule has 7 heteroatoms. The van der Waals surface area contributed by atoms with Gasteiger partial charge in [-0.3, -0.25) is 4.99 Å². The molecule has 0 spiro atoms. The van der Waals surface area contributed by atoms with Crippen LogP contribution in [0.3, 0.4) is 0 Å². The Hall–Kier alpha value is -0.800. The topological polar surface area (TPSA) is 79.0 Å². The molecule has 0 aliphatic carbocycles. The second-order valence-electron chi connectivity index (χ2n) is 4.60. The number of furan rings is 1. The predicted molar refractivity (Wildman–Crippen MR) is 98.9 cm³/mol. The SMILES string of the molecule is CCCCN=C(NCCOCCO)NCCc1ccco1.I. The van der Waals surface area contributed by atoms with Crippen molar-refractivity contribution in [2.75, 3.05) is 39.5 Å². The molecule has 0 radical (unpaired) electrons. The fraction of sp³-hybridized carbons (Fsp3) is 0.667. The van der Waals surface area contributed by atoms with Crippen LogP contribution in [0.5, 0.6) is 0 Å². The van der Waals surface area contributed by atoms with Crippen LogP contribution in [0.1, 0.15) is 25.5 Å². The molecule has 0 saturated heterocycles. The van der Waals surface area contributed by atoms with E-state index in [1.54, 1.807) is 6.26 Å². The van der Waals surface area contributed by atoms with Crippen molar-refractivity contribution < 1.29 is 14.3 Å². The van der Waals surface area contributed by atoms with Crippen LogP contribution in [0.2, 0.25) is 0 Å². The molecule has 0 aliphatic heterocycles. The zero-order valence-electron chi connectivity index (χ0n) is 13.2. The number of ether oxygens (including phenoxy) is 1. The standard InChI is InChI=1S/C15H27N3O3.HI/c1-2-3-7-16-15(18-9-12-20-13-10-19)17-8-6-14-5-4-11-21-14;/h4-5,11,19H,2-3,6-10,12-13H2,1H3,(H2,16,17,18);1H. The Morgan fingerprint density at radius 3 is 2.82 bits per heavy atom. The largest absolute Gasteiger partial charge is 0.469 e. The first kappa shape index (κ1) is 21.2. The van der Waals surface area contributed by atoms with Gasteiger partial charge < -0.3 is 24.9 Å². The zero-order chi connectivity index (χ0) is 15.2. The number of hydrogen-bond acceptors (Lipinski definition) is 4. The van der Waals surface area contributed by atoms with Gasteiger partial charge in [-0.2, -0.15) is 0 Å². The van der Waals surface area contributed by atoms with Gasteiger partial charge in [0.05, 0.1) is 26.1 Å². The molecule has 3 N–H and O–H groups in total. The minimum absolute atomic E-state index is 0. The van der Waals surface area contributed by atoms with Crippen molar-refractivity contribution in [3.63, 3.8) is 0 Å². The van der Waals surface area contributed by atoms with Crippen molar-refractivity contribution >= 4 is 29.9 Å². The molecule has 0 aliphatic rings. The summed E-state index contributed by atoms with van der Waals surface area (Å²) < 4.78 is 10.5. The average Bonchev–Trinajstić information content (AvgIpc) is 3.00. The van der Waals surface area contributed by atoms with Gasteiger partial charge in [-0.25, -0.2) is 0 Å². The number of halogens is 1. The Balaban J connectivity index is 0.00000441. The quantitative estimate of drug-likeness (QED) is 0.218. The average molecular weight is 425 g/mol. The number of hydrogen-bond donors (Lipinski definition) is 3. The minimum Gasteiger partial charge on any atom is -0.469 e. The van der Waals surface area contributed by atoms with Crippen molar-refractivity contribution in [2.24, 2.45) is 4.99 Å². The maximum Gasteiger partial charge on any atom is 0.191 e. The summed E-state index contributed by atoms with van der Waals surface area (Å²) in [5.74, 6) is 1.75. The van der Waals surface area contributed by atoms with Crippen molar-refractivity contribution in [2.45, 2.75) is 26.2 Å². The van der Waals surface area contributed by atoms with Crippen LogP contribution in [-0.2, 0) is 11.2 Å². The van der Waals surface area contributed by atoms with E-state index in [2.05, 4.69) is 22.5 Å². The maximum atomic E-state index is 8.63. The van der Waals surface area contributed by atoms with Crippen molar-refractivity contribution in [3.05, 3.63) is 24.2 Å². The van der Waals surface area contributed by atoms with Gasteiger partial charge in [-0.05, 0) is 18.6 Å². The number of aliphatic imine (C=N–C) groups is 1. The first-order valence-electron chi connectivity index (χ1n) is 7.60. The molecule has 0 aromatic carbocycles. The summed E-state index contributed by atoms with van der Waals surface area (Å²) in [5, 5.41) is 15.1. The third kappa shape index (κ3) is 10.9. The molecular formula is C15H28IN3O3. The first-order valence-corrected chi connectivity index (χ1v) is 7.60. The van der Waals surface area contributed by atoms with Gasteiger partial charge in [0.15, 0.2) is 5.96 Å². The van der Waals surface area contributed by atoms with Gasteiger partial charge in [-0.15, -0.1) is 24.0 Å².